The number of nitrogens with one attached hydrogen (secondary N) is 6. The molecule has 0 spiro atoms. The van der Waals surface area contributed by atoms with Crippen LogP contribution in [0, 0.1) is 11.2 Å². The summed E-state index contributed by atoms with van der Waals surface area (Å²) in [5, 5.41) is 18.0. The SMILES string of the molecule is Cl.Cn1cc(NC(=O)c2cc(NC(=O)c3cc(NC(=O)CCCn4cc(F)c(=O)[nH]c4=O)cn3C)cn2C)cc1C(=O)NCCC(=N)N. The minimum absolute atomic E-state index is 0. The number of anilines is 3. The smallest absolute Gasteiger partial charge is 0.328 e. The highest BCUT2D eigenvalue weighted by Crippen LogP contribution is 2.20. The summed E-state index contributed by atoms with van der Waals surface area (Å²) in [5.41, 5.74) is 5.20. The van der Waals surface area contributed by atoms with E-state index in [2.05, 4.69) is 21.3 Å². The van der Waals surface area contributed by atoms with E-state index in [1.807, 2.05) is 4.98 Å². The standard InChI is InChI=1S/C29H34FN11O6.ClH/c1-38-13-17(10-20(38)26(44)33-7-6-23(31)32)35-28(46)22-11-18(14-40(22)3)36-27(45)21-9-16(12-39(21)2)34-24(42)5-4-8-41-15-19(30)25(43)37-29(41)47;/h9-15H,4-8H2,1-3H3,(H3,31,32)(H,33,44)(H,34,42)(H,35,46)(H,36,45)(H,37,43,47);1H. The number of aromatic nitrogens is 5. The molecule has 0 saturated heterocycles. The first kappa shape index (κ1) is 36.6. The molecule has 0 aromatic carbocycles. The van der Waals surface area contributed by atoms with Crippen molar-refractivity contribution in [3.05, 3.63) is 86.7 Å². The Kier molecular flexibility index (Phi) is 11.9. The first-order chi connectivity index (χ1) is 22.2. The molecule has 0 atom stereocenters. The number of hydrogen-bond acceptors (Lipinski definition) is 7. The molecule has 0 saturated carbocycles. The molecule has 4 aromatic rings. The molecule has 0 bridgehead atoms. The zero-order chi connectivity index (χ0) is 34.4. The second kappa shape index (κ2) is 15.6. The van der Waals surface area contributed by atoms with Crippen LogP contribution in [0.1, 0.15) is 50.7 Å². The number of amidine groups is 1. The van der Waals surface area contributed by atoms with E-state index in [9.17, 15) is 33.2 Å². The maximum atomic E-state index is 13.4. The van der Waals surface area contributed by atoms with Crippen LogP contribution < -0.4 is 38.2 Å². The van der Waals surface area contributed by atoms with Crippen molar-refractivity contribution in [1.29, 1.82) is 5.41 Å². The number of halogens is 2. The number of nitrogens with zero attached hydrogens (tertiary/aromatic N) is 4. The Morgan fingerprint density at radius 3 is 1.77 bits per heavy atom. The van der Waals surface area contributed by atoms with E-state index in [4.69, 9.17) is 11.1 Å². The van der Waals surface area contributed by atoms with Crippen molar-refractivity contribution >= 4 is 58.9 Å². The lowest BCUT2D eigenvalue weighted by Crippen LogP contribution is -2.31. The summed E-state index contributed by atoms with van der Waals surface area (Å²) in [6.45, 7) is 0.207. The van der Waals surface area contributed by atoms with Gasteiger partial charge in [-0.1, -0.05) is 0 Å². The van der Waals surface area contributed by atoms with Gasteiger partial charge in [-0.3, -0.25) is 38.9 Å². The van der Waals surface area contributed by atoms with Crippen LogP contribution in [0.2, 0.25) is 0 Å². The average molecular weight is 688 g/mol. The van der Waals surface area contributed by atoms with Crippen LogP contribution in [0.5, 0.6) is 0 Å². The van der Waals surface area contributed by atoms with Crippen molar-refractivity contribution in [2.45, 2.75) is 25.8 Å². The number of amides is 4. The number of aromatic amines is 1. The van der Waals surface area contributed by atoms with Crippen LogP contribution in [-0.2, 0) is 32.5 Å². The van der Waals surface area contributed by atoms with E-state index in [0.717, 1.165) is 10.8 Å². The monoisotopic (exact) mass is 687 g/mol. The number of carbonyl (C=O) groups excluding carboxylic acids is 4. The molecule has 0 unspecified atom stereocenters. The van der Waals surface area contributed by atoms with Crippen molar-refractivity contribution in [3.8, 4) is 0 Å². The summed E-state index contributed by atoms with van der Waals surface area (Å²) in [6.07, 6.45) is 5.83. The van der Waals surface area contributed by atoms with Crippen molar-refractivity contribution in [2.24, 2.45) is 26.9 Å². The van der Waals surface area contributed by atoms with Gasteiger partial charge in [-0.15, -0.1) is 12.4 Å². The third-order valence-corrected chi connectivity index (χ3v) is 6.96. The number of rotatable bonds is 13. The highest BCUT2D eigenvalue weighted by molar-refractivity contribution is 6.07. The van der Waals surface area contributed by atoms with Gasteiger partial charge in [0, 0.05) is 65.7 Å². The zero-order valence-corrected chi connectivity index (χ0v) is 27.0. The van der Waals surface area contributed by atoms with Gasteiger partial charge in [0.2, 0.25) is 11.7 Å². The summed E-state index contributed by atoms with van der Waals surface area (Å²) in [7, 11) is 4.89. The number of H-pyrrole nitrogens is 1. The number of carbonyl (C=O) groups is 4. The first-order valence-corrected chi connectivity index (χ1v) is 14.2. The number of nitrogens with two attached hydrogens (primary N) is 1. The van der Waals surface area contributed by atoms with Crippen molar-refractivity contribution in [2.75, 3.05) is 22.5 Å². The molecule has 0 radical (unpaired) electrons. The minimum atomic E-state index is -1.11. The minimum Gasteiger partial charge on any atom is -0.388 e. The van der Waals surface area contributed by atoms with E-state index >= 15 is 0 Å². The Morgan fingerprint density at radius 1 is 0.792 bits per heavy atom. The third-order valence-electron chi connectivity index (χ3n) is 6.96. The Hall–Kier alpha value is -5.91. The Labute approximate surface area is 278 Å². The number of aryl methyl sites for hydroxylation is 4. The van der Waals surface area contributed by atoms with E-state index < -0.39 is 34.8 Å². The summed E-state index contributed by atoms with van der Waals surface area (Å²) >= 11 is 0. The fourth-order valence-corrected chi connectivity index (χ4v) is 4.65. The highest BCUT2D eigenvalue weighted by Gasteiger charge is 2.19. The molecule has 4 aromatic heterocycles. The molecule has 0 fully saturated rings. The van der Waals surface area contributed by atoms with Crippen LogP contribution in [0.3, 0.4) is 0 Å². The largest absolute Gasteiger partial charge is 0.388 e. The van der Waals surface area contributed by atoms with Crippen LogP contribution in [0.15, 0.2) is 52.6 Å². The second-order valence-corrected chi connectivity index (χ2v) is 10.7. The van der Waals surface area contributed by atoms with Gasteiger partial charge < -0.3 is 40.7 Å². The van der Waals surface area contributed by atoms with Crippen LogP contribution in [-0.4, -0.2) is 59.3 Å². The Morgan fingerprint density at radius 2 is 1.27 bits per heavy atom. The van der Waals surface area contributed by atoms with Gasteiger partial charge in [0.15, 0.2) is 0 Å². The fourth-order valence-electron chi connectivity index (χ4n) is 4.65. The van der Waals surface area contributed by atoms with Crippen LogP contribution in [0.4, 0.5) is 21.5 Å². The van der Waals surface area contributed by atoms with Gasteiger partial charge in [0.1, 0.15) is 17.1 Å². The molecule has 17 nitrogen and oxygen atoms in total. The molecule has 0 aliphatic carbocycles. The highest BCUT2D eigenvalue weighted by atomic mass is 35.5. The summed E-state index contributed by atoms with van der Waals surface area (Å²) in [6, 6.07) is 4.46. The van der Waals surface area contributed by atoms with E-state index in [1.165, 1.54) is 33.5 Å². The molecule has 0 aliphatic heterocycles. The van der Waals surface area contributed by atoms with E-state index in [1.54, 1.807) is 38.1 Å². The maximum Gasteiger partial charge on any atom is 0.328 e. The molecule has 19 heteroatoms. The number of hydrogen-bond donors (Lipinski definition) is 7. The quantitative estimate of drug-likeness (QED) is 0.0797. The average Bonchev–Trinajstić information content (AvgIpc) is 3.66. The van der Waals surface area contributed by atoms with E-state index in [0.29, 0.717) is 22.8 Å². The van der Waals surface area contributed by atoms with Crippen LogP contribution in [0.25, 0.3) is 0 Å². The predicted octanol–water partition coefficient (Wildman–Crippen LogP) is 1.09. The summed E-state index contributed by atoms with van der Waals surface area (Å²) < 4.78 is 19.0. The third kappa shape index (κ3) is 9.09. The van der Waals surface area contributed by atoms with E-state index in [-0.39, 0.29) is 67.9 Å². The molecular weight excluding hydrogens is 653 g/mol. The van der Waals surface area contributed by atoms with Crippen molar-refractivity contribution in [1.82, 2.24) is 28.6 Å². The molecular formula is C29H35ClFN11O6. The van der Waals surface area contributed by atoms with Gasteiger partial charge in [-0.25, -0.2) is 4.79 Å². The summed E-state index contributed by atoms with van der Waals surface area (Å²) in [4.78, 5) is 75.7. The molecule has 256 valence electrons. The Balaban J connectivity index is 0.00000625. The molecule has 4 amide bonds. The van der Waals surface area contributed by atoms with Gasteiger partial charge in [-0.05, 0) is 24.6 Å². The first-order valence-electron chi connectivity index (χ1n) is 14.2. The molecule has 0 aliphatic rings. The Bertz CT molecular complexity index is 1990. The lowest BCUT2D eigenvalue weighted by atomic mass is 10.3. The molecule has 48 heavy (non-hydrogen) atoms. The van der Waals surface area contributed by atoms with Gasteiger partial charge in [0.25, 0.3) is 23.3 Å². The van der Waals surface area contributed by atoms with Gasteiger partial charge in [0.05, 0.1) is 29.1 Å². The van der Waals surface area contributed by atoms with Crippen molar-refractivity contribution < 1.29 is 23.6 Å². The fraction of sp³-hybridized carbons (Fsp3) is 0.276. The second-order valence-electron chi connectivity index (χ2n) is 10.7. The van der Waals surface area contributed by atoms with Crippen molar-refractivity contribution in [3.63, 3.8) is 0 Å². The van der Waals surface area contributed by atoms with Crippen LogP contribution >= 0.6 is 12.4 Å². The van der Waals surface area contributed by atoms with Gasteiger partial charge >= 0.3 is 5.69 Å². The molecule has 4 rings (SSSR count). The van der Waals surface area contributed by atoms with Gasteiger partial charge in [-0.2, -0.15) is 4.39 Å². The summed E-state index contributed by atoms with van der Waals surface area (Å²) in [5.74, 6) is -2.93. The zero-order valence-electron chi connectivity index (χ0n) is 26.2. The normalized spacial score (nSPS) is 10.6. The molecule has 4 heterocycles. The topological polar surface area (TPSA) is 236 Å². The lowest BCUT2D eigenvalue weighted by molar-refractivity contribution is -0.116. The predicted molar refractivity (Wildman–Crippen MR) is 177 cm³/mol. The lowest BCUT2D eigenvalue weighted by Gasteiger charge is -2.05. The maximum absolute atomic E-state index is 13.4. The molecule has 8 N–H and O–H groups in total.